The van der Waals surface area contributed by atoms with Gasteiger partial charge in [-0.05, 0) is 49.4 Å². The molecule has 0 aliphatic heterocycles. The van der Waals surface area contributed by atoms with Gasteiger partial charge >= 0.3 is 0 Å². The van der Waals surface area contributed by atoms with E-state index in [4.69, 9.17) is 0 Å². The molecule has 1 aromatic carbocycles. The number of nitrogens with one attached hydrogen (secondary N) is 1. The maximum atomic E-state index is 12.1. The zero-order chi connectivity index (χ0) is 12.4. The minimum atomic E-state index is -0.0266. The van der Waals surface area contributed by atoms with Gasteiger partial charge in [-0.2, -0.15) is 0 Å². The average molecular weight is 233 g/mol. The molecule has 1 fully saturated rings. The lowest BCUT2D eigenvalue weighted by Crippen LogP contribution is -2.36. The highest BCUT2D eigenvalue weighted by Crippen LogP contribution is 2.25. The summed E-state index contributed by atoms with van der Waals surface area (Å²) in [5.74, 6) is 0.742. The molecule has 0 radical (unpaired) electrons. The molecule has 0 spiro atoms. The standard InChI is InChI=1S/C14H19NO2/c1-9-4-3-5-13(9)15-14(17)12-7-6-11(16)8-10(12)2/h6-9,13,16H,3-5H2,1-2H3,(H,15,17). The second-order valence-corrected chi connectivity index (χ2v) is 4.99. The number of hydrogen-bond donors (Lipinski definition) is 2. The molecule has 0 heterocycles. The number of aryl methyl sites for hydroxylation is 1. The fourth-order valence-corrected chi connectivity index (χ4v) is 2.51. The van der Waals surface area contributed by atoms with Crippen LogP contribution < -0.4 is 5.32 Å². The predicted molar refractivity (Wildman–Crippen MR) is 67.1 cm³/mol. The Balaban J connectivity index is 2.09. The average Bonchev–Trinajstić information content (AvgIpc) is 2.64. The predicted octanol–water partition coefficient (Wildman–Crippen LogP) is 2.62. The molecule has 2 atom stereocenters. The van der Waals surface area contributed by atoms with Crippen molar-refractivity contribution in [2.24, 2.45) is 5.92 Å². The molecular weight excluding hydrogens is 214 g/mol. The molecule has 1 amide bonds. The Morgan fingerprint density at radius 1 is 1.41 bits per heavy atom. The number of aromatic hydroxyl groups is 1. The zero-order valence-electron chi connectivity index (χ0n) is 10.4. The third kappa shape index (κ3) is 2.60. The fraction of sp³-hybridized carbons (Fsp3) is 0.500. The van der Waals surface area contributed by atoms with Gasteiger partial charge in [-0.25, -0.2) is 0 Å². The Hall–Kier alpha value is -1.51. The number of amides is 1. The maximum Gasteiger partial charge on any atom is 0.251 e. The molecule has 1 saturated carbocycles. The second-order valence-electron chi connectivity index (χ2n) is 4.99. The molecule has 2 N–H and O–H groups in total. The molecule has 92 valence electrons. The van der Waals surface area contributed by atoms with Crippen molar-refractivity contribution < 1.29 is 9.90 Å². The van der Waals surface area contributed by atoms with Gasteiger partial charge in [0.2, 0.25) is 0 Å². The highest BCUT2D eigenvalue weighted by Gasteiger charge is 2.25. The molecule has 3 nitrogen and oxygen atoms in total. The van der Waals surface area contributed by atoms with Gasteiger partial charge in [0.25, 0.3) is 5.91 Å². The number of carbonyl (C=O) groups excluding carboxylic acids is 1. The molecule has 2 unspecified atom stereocenters. The van der Waals surface area contributed by atoms with E-state index < -0.39 is 0 Å². The molecule has 3 heteroatoms. The number of rotatable bonds is 2. The third-order valence-electron chi connectivity index (χ3n) is 3.63. The van der Waals surface area contributed by atoms with E-state index in [0.717, 1.165) is 12.0 Å². The lowest BCUT2D eigenvalue weighted by molar-refractivity contribution is 0.0929. The van der Waals surface area contributed by atoms with Crippen LogP contribution in [-0.4, -0.2) is 17.1 Å². The van der Waals surface area contributed by atoms with E-state index in [0.29, 0.717) is 17.5 Å². The molecule has 2 rings (SSSR count). The second kappa shape index (κ2) is 4.78. The van der Waals surface area contributed by atoms with Gasteiger partial charge in [-0.3, -0.25) is 4.79 Å². The van der Waals surface area contributed by atoms with Crippen LogP contribution in [0, 0.1) is 12.8 Å². The number of phenols is 1. The van der Waals surface area contributed by atoms with E-state index in [-0.39, 0.29) is 11.7 Å². The minimum Gasteiger partial charge on any atom is -0.508 e. The van der Waals surface area contributed by atoms with Gasteiger partial charge in [0, 0.05) is 11.6 Å². The summed E-state index contributed by atoms with van der Waals surface area (Å²) in [4.78, 5) is 12.1. The van der Waals surface area contributed by atoms with Crippen LogP contribution in [0.2, 0.25) is 0 Å². The Morgan fingerprint density at radius 2 is 2.18 bits per heavy atom. The maximum absolute atomic E-state index is 12.1. The first-order valence-electron chi connectivity index (χ1n) is 6.18. The Labute approximate surface area is 102 Å². The van der Waals surface area contributed by atoms with Crippen LogP contribution in [0.25, 0.3) is 0 Å². The van der Waals surface area contributed by atoms with E-state index in [2.05, 4.69) is 12.2 Å². The topological polar surface area (TPSA) is 49.3 Å². The van der Waals surface area contributed by atoms with E-state index in [1.807, 2.05) is 6.92 Å². The van der Waals surface area contributed by atoms with Crippen LogP contribution in [0.1, 0.15) is 42.1 Å². The van der Waals surface area contributed by atoms with Crippen molar-refractivity contribution in [1.29, 1.82) is 0 Å². The summed E-state index contributed by atoms with van der Waals surface area (Å²) in [6.45, 7) is 4.02. The van der Waals surface area contributed by atoms with E-state index in [1.165, 1.54) is 12.8 Å². The first-order valence-corrected chi connectivity index (χ1v) is 6.18. The molecule has 1 aliphatic rings. The van der Waals surface area contributed by atoms with Crippen molar-refractivity contribution in [3.63, 3.8) is 0 Å². The molecule has 1 aromatic rings. The smallest absolute Gasteiger partial charge is 0.251 e. The van der Waals surface area contributed by atoms with Gasteiger partial charge in [0.05, 0.1) is 0 Å². The normalized spacial score (nSPS) is 23.6. The highest BCUT2D eigenvalue weighted by molar-refractivity contribution is 5.96. The molecule has 17 heavy (non-hydrogen) atoms. The van der Waals surface area contributed by atoms with Crippen molar-refractivity contribution in [1.82, 2.24) is 5.32 Å². The summed E-state index contributed by atoms with van der Waals surface area (Å²) in [5.41, 5.74) is 1.47. The molecule has 0 saturated heterocycles. The quantitative estimate of drug-likeness (QED) is 0.825. The summed E-state index contributed by atoms with van der Waals surface area (Å²) in [5, 5.41) is 12.4. The van der Waals surface area contributed by atoms with Gasteiger partial charge in [-0.1, -0.05) is 13.3 Å². The minimum absolute atomic E-state index is 0.0266. The van der Waals surface area contributed by atoms with Crippen molar-refractivity contribution >= 4 is 5.91 Å². The summed E-state index contributed by atoms with van der Waals surface area (Å²) in [6, 6.07) is 5.16. The number of benzene rings is 1. The van der Waals surface area contributed by atoms with Crippen molar-refractivity contribution in [2.75, 3.05) is 0 Å². The molecule has 1 aliphatic carbocycles. The number of carbonyl (C=O) groups is 1. The van der Waals surface area contributed by atoms with E-state index in [1.54, 1.807) is 18.2 Å². The van der Waals surface area contributed by atoms with E-state index in [9.17, 15) is 9.90 Å². The lowest BCUT2D eigenvalue weighted by atomic mass is 10.0. The van der Waals surface area contributed by atoms with Crippen molar-refractivity contribution in [2.45, 2.75) is 39.2 Å². The van der Waals surface area contributed by atoms with Gasteiger partial charge in [-0.15, -0.1) is 0 Å². The monoisotopic (exact) mass is 233 g/mol. The van der Waals surface area contributed by atoms with Crippen LogP contribution in [0.15, 0.2) is 18.2 Å². The first kappa shape index (κ1) is 12.0. The first-order chi connectivity index (χ1) is 8.08. The molecule has 0 bridgehead atoms. The van der Waals surface area contributed by atoms with Gasteiger partial charge < -0.3 is 10.4 Å². The number of phenolic OH excluding ortho intramolecular Hbond substituents is 1. The van der Waals surface area contributed by atoms with Crippen LogP contribution >= 0.6 is 0 Å². The summed E-state index contributed by atoms with van der Waals surface area (Å²) in [7, 11) is 0. The lowest BCUT2D eigenvalue weighted by Gasteiger charge is -2.18. The third-order valence-corrected chi connectivity index (χ3v) is 3.63. The van der Waals surface area contributed by atoms with Crippen molar-refractivity contribution in [3.05, 3.63) is 29.3 Å². The fourth-order valence-electron chi connectivity index (χ4n) is 2.51. The van der Waals surface area contributed by atoms with E-state index >= 15 is 0 Å². The largest absolute Gasteiger partial charge is 0.508 e. The molecule has 0 aromatic heterocycles. The van der Waals surface area contributed by atoms with Gasteiger partial charge in [0.1, 0.15) is 5.75 Å². The van der Waals surface area contributed by atoms with Gasteiger partial charge in [0.15, 0.2) is 0 Å². The summed E-state index contributed by atoms with van der Waals surface area (Å²) >= 11 is 0. The molecular formula is C14H19NO2. The Bertz CT molecular complexity index is 428. The Morgan fingerprint density at radius 3 is 2.76 bits per heavy atom. The van der Waals surface area contributed by atoms with Crippen molar-refractivity contribution in [3.8, 4) is 5.75 Å². The van der Waals surface area contributed by atoms with Crippen LogP contribution in [-0.2, 0) is 0 Å². The zero-order valence-corrected chi connectivity index (χ0v) is 10.4. The highest BCUT2D eigenvalue weighted by atomic mass is 16.3. The van der Waals surface area contributed by atoms with Crippen LogP contribution in [0.3, 0.4) is 0 Å². The van der Waals surface area contributed by atoms with Crippen LogP contribution in [0.5, 0.6) is 5.75 Å². The Kier molecular flexibility index (Phi) is 3.36. The number of hydrogen-bond acceptors (Lipinski definition) is 2. The summed E-state index contributed by atoms with van der Waals surface area (Å²) in [6.07, 6.45) is 3.46. The SMILES string of the molecule is Cc1cc(O)ccc1C(=O)NC1CCCC1C. The van der Waals surface area contributed by atoms with Crippen LogP contribution in [0.4, 0.5) is 0 Å². The summed E-state index contributed by atoms with van der Waals surface area (Å²) < 4.78 is 0.